The van der Waals surface area contributed by atoms with Crippen molar-refractivity contribution in [1.82, 2.24) is 4.31 Å². The summed E-state index contributed by atoms with van der Waals surface area (Å²) in [4.78, 5) is 22.8. The lowest BCUT2D eigenvalue weighted by atomic mass is 9.99. The summed E-state index contributed by atoms with van der Waals surface area (Å²) in [6.45, 7) is 2.04. The third-order valence-corrected chi connectivity index (χ3v) is 5.76. The normalized spacial score (nSPS) is 16.9. The smallest absolute Gasteiger partial charge is 0.339 e. The van der Waals surface area contributed by atoms with Crippen LogP contribution in [0.15, 0.2) is 29.2 Å². The van der Waals surface area contributed by atoms with E-state index in [0.717, 1.165) is 0 Å². The summed E-state index contributed by atoms with van der Waals surface area (Å²) < 4.78 is 31.7. The Morgan fingerprint density at radius 2 is 1.87 bits per heavy atom. The second-order valence-corrected chi connectivity index (χ2v) is 7.14. The number of carbonyl (C=O) groups is 2. The number of carboxylic acids is 1. The highest BCUT2D eigenvalue weighted by Crippen LogP contribution is 2.26. The maximum Gasteiger partial charge on any atom is 0.339 e. The Hall–Kier alpha value is -1.93. The van der Waals surface area contributed by atoms with E-state index in [1.807, 2.05) is 0 Å². The van der Waals surface area contributed by atoms with E-state index >= 15 is 0 Å². The van der Waals surface area contributed by atoms with Crippen LogP contribution in [-0.4, -0.2) is 49.5 Å². The Morgan fingerprint density at radius 1 is 1.26 bits per heavy atom. The monoisotopic (exact) mass is 341 g/mol. The van der Waals surface area contributed by atoms with Crippen LogP contribution in [0.2, 0.25) is 0 Å². The second-order valence-electron chi connectivity index (χ2n) is 5.23. The van der Waals surface area contributed by atoms with E-state index in [1.165, 1.54) is 16.4 Å². The molecule has 7 nitrogen and oxygen atoms in total. The van der Waals surface area contributed by atoms with Gasteiger partial charge < -0.3 is 9.84 Å². The van der Waals surface area contributed by atoms with Crippen LogP contribution >= 0.6 is 0 Å². The van der Waals surface area contributed by atoms with Crippen molar-refractivity contribution in [3.8, 4) is 0 Å². The van der Waals surface area contributed by atoms with Gasteiger partial charge in [0.15, 0.2) is 0 Å². The molecule has 1 N–H and O–H groups in total. The first kappa shape index (κ1) is 17.4. The minimum absolute atomic E-state index is 0.00490. The third kappa shape index (κ3) is 3.70. The first-order valence-electron chi connectivity index (χ1n) is 7.37. The maximum atomic E-state index is 12.8. The topological polar surface area (TPSA) is 101 Å². The Kier molecular flexibility index (Phi) is 5.38. The number of benzene rings is 1. The van der Waals surface area contributed by atoms with Crippen molar-refractivity contribution in [3.63, 3.8) is 0 Å². The molecule has 8 heteroatoms. The lowest BCUT2D eigenvalue weighted by Gasteiger charge is -2.29. The number of esters is 1. The number of hydrogen-bond donors (Lipinski definition) is 1. The average molecular weight is 341 g/mol. The molecule has 0 aliphatic carbocycles. The Labute approximate surface area is 134 Å². The van der Waals surface area contributed by atoms with Crippen molar-refractivity contribution in [1.29, 1.82) is 0 Å². The molecule has 1 fully saturated rings. The fourth-order valence-electron chi connectivity index (χ4n) is 2.55. The summed E-state index contributed by atoms with van der Waals surface area (Å²) in [6.07, 6.45) is 0.520. The molecular formula is C15H19NO6S. The largest absolute Gasteiger partial charge is 0.481 e. The SMILES string of the molecule is CCOC(=O)c1ccccc1S(=O)(=O)N1CCC(C(=O)O)CC1. The van der Waals surface area contributed by atoms with Crippen molar-refractivity contribution < 1.29 is 27.9 Å². The third-order valence-electron chi connectivity index (χ3n) is 3.80. The van der Waals surface area contributed by atoms with Crippen LogP contribution in [0.25, 0.3) is 0 Å². The summed E-state index contributed by atoms with van der Waals surface area (Å²) in [5.74, 6) is -2.12. The van der Waals surface area contributed by atoms with Crippen molar-refractivity contribution in [2.24, 2.45) is 5.92 Å². The number of hydrogen-bond acceptors (Lipinski definition) is 5. The second kappa shape index (κ2) is 7.10. The van der Waals surface area contributed by atoms with Crippen molar-refractivity contribution >= 4 is 22.0 Å². The van der Waals surface area contributed by atoms with E-state index < -0.39 is 27.9 Å². The summed E-state index contributed by atoms with van der Waals surface area (Å²) in [5.41, 5.74) is -0.00490. The van der Waals surface area contributed by atoms with Crippen LogP contribution in [0.1, 0.15) is 30.1 Å². The van der Waals surface area contributed by atoms with Crippen LogP contribution in [-0.2, 0) is 19.6 Å². The van der Waals surface area contributed by atoms with E-state index in [0.29, 0.717) is 0 Å². The molecule has 1 aromatic rings. The molecule has 2 rings (SSSR count). The molecule has 1 heterocycles. The molecule has 1 aliphatic rings. The van der Waals surface area contributed by atoms with Crippen LogP contribution in [0.5, 0.6) is 0 Å². The van der Waals surface area contributed by atoms with Crippen LogP contribution < -0.4 is 0 Å². The highest BCUT2D eigenvalue weighted by molar-refractivity contribution is 7.89. The number of piperidine rings is 1. The molecule has 0 spiro atoms. The molecule has 0 unspecified atom stereocenters. The van der Waals surface area contributed by atoms with Gasteiger partial charge in [0.2, 0.25) is 10.0 Å². The van der Waals surface area contributed by atoms with Gasteiger partial charge in [-0.1, -0.05) is 12.1 Å². The van der Waals surface area contributed by atoms with Crippen LogP contribution in [0.3, 0.4) is 0 Å². The zero-order chi connectivity index (χ0) is 17.0. The zero-order valence-electron chi connectivity index (χ0n) is 12.8. The lowest BCUT2D eigenvalue weighted by Crippen LogP contribution is -2.40. The van der Waals surface area contributed by atoms with Gasteiger partial charge in [0.1, 0.15) is 0 Å². The van der Waals surface area contributed by atoms with Gasteiger partial charge in [-0.15, -0.1) is 0 Å². The Morgan fingerprint density at radius 3 is 2.43 bits per heavy atom. The minimum atomic E-state index is -3.87. The molecule has 1 aromatic carbocycles. The van der Waals surface area contributed by atoms with E-state index in [4.69, 9.17) is 9.84 Å². The standard InChI is InChI=1S/C15H19NO6S/c1-2-22-15(19)12-5-3-4-6-13(12)23(20,21)16-9-7-11(8-10-16)14(17)18/h3-6,11H,2,7-10H2,1H3,(H,17,18). The summed E-state index contributed by atoms with van der Waals surface area (Å²) in [5, 5.41) is 8.99. The van der Waals surface area contributed by atoms with Crippen molar-refractivity contribution in [2.75, 3.05) is 19.7 Å². The van der Waals surface area contributed by atoms with Gasteiger partial charge in [-0.2, -0.15) is 4.31 Å². The number of sulfonamides is 1. The molecule has 1 saturated heterocycles. The summed E-state index contributed by atoms with van der Waals surface area (Å²) in [7, 11) is -3.87. The Bertz CT molecular complexity index is 692. The first-order chi connectivity index (χ1) is 10.9. The summed E-state index contributed by atoms with van der Waals surface area (Å²) in [6, 6.07) is 5.89. The van der Waals surface area contributed by atoms with Crippen molar-refractivity contribution in [3.05, 3.63) is 29.8 Å². The zero-order valence-corrected chi connectivity index (χ0v) is 13.6. The maximum absolute atomic E-state index is 12.8. The fraction of sp³-hybridized carbons (Fsp3) is 0.467. The number of carboxylic acid groups (broad SMARTS) is 1. The van der Waals surface area contributed by atoms with E-state index in [1.54, 1.807) is 19.1 Å². The predicted octanol–water partition coefficient (Wildman–Crippen LogP) is 1.35. The minimum Gasteiger partial charge on any atom is -0.481 e. The Balaban J connectivity index is 2.27. The van der Waals surface area contributed by atoms with Gasteiger partial charge in [-0.05, 0) is 31.9 Å². The number of ether oxygens (including phenoxy) is 1. The molecule has 126 valence electrons. The van der Waals surface area contributed by atoms with Gasteiger partial charge in [-0.3, -0.25) is 4.79 Å². The quantitative estimate of drug-likeness (QED) is 0.811. The lowest BCUT2D eigenvalue weighted by molar-refractivity contribution is -0.142. The molecule has 23 heavy (non-hydrogen) atoms. The van der Waals surface area contributed by atoms with E-state index in [2.05, 4.69) is 0 Å². The molecule has 0 radical (unpaired) electrons. The molecular weight excluding hydrogens is 322 g/mol. The van der Waals surface area contributed by atoms with Crippen LogP contribution in [0.4, 0.5) is 0 Å². The molecule has 0 amide bonds. The van der Waals surface area contributed by atoms with Gasteiger partial charge >= 0.3 is 11.9 Å². The fourth-order valence-corrected chi connectivity index (χ4v) is 4.20. The average Bonchev–Trinajstić information content (AvgIpc) is 2.55. The van der Waals surface area contributed by atoms with Crippen molar-refractivity contribution in [2.45, 2.75) is 24.7 Å². The molecule has 0 saturated carbocycles. The highest BCUT2D eigenvalue weighted by Gasteiger charge is 2.34. The highest BCUT2D eigenvalue weighted by atomic mass is 32.2. The summed E-state index contributed by atoms with van der Waals surface area (Å²) >= 11 is 0. The molecule has 0 bridgehead atoms. The number of nitrogens with zero attached hydrogens (tertiary/aromatic N) is 1. The molecule has 0 aromatic heterocycles. The first-order valence-corrected chi connectivity index (χ1v) is 8.81. The predicted molar refractivity (Wildman–Crippen MR) is 81.5 cm³/mol. The number of aliphatic carboxylic acids is 1. The van der Waals surface area contributed by atoms with Gasteiger partial charge in [-0.25, -0.2) is 13.2 Å². The molecule has 1 aliphatic heterocycles. The van der Waals surface area contributed by atoms with Gasteiger partial charge in [0.05, 0.1) is 23.0 Å². The van der Waals surface area contributed by atoms with E-state index in [9.17, 15) is 18.0 Å². The van der Waals surface area contributed by atoms with Gasteiger partial charge in [0, 0.05) is 13.1 Å². The van der Waals surface area contributed by atoms with E-state index in [-0.39, 0.29) is 43.0 Å². The number of carbonyl (C=O) groups excluding carboxylic acids is 1. The number of rotatable bonds is 5. The molecule has 0 atom stereocenters. The van der Waals surface area contributed by atoms with Gasteiger partial charge in [0.25, 0.3) is 0 Å². The van der Waals surface area contributed by atoms with Crippen LogP contribution in [0, 0.1) is 5.92 Å².